The first kappa shape index (κ1) is 17.0. The summed E-state index contributed by atoms with van der Waals surface area (Å²) in [7, 11) is 1.65. The van der Waals surface area contributed by atoms with E-state index in [1.54, 1.807) is 24.9 Å². The third-order valence-corrected chi connectivity index (χ3v) is 3.57. The van der Waals surface area contributed by atoms with E-state index < -0.39 is 23.5 Å². The van der Waals surface area contributed by atoms with Crippen LogP contribution in [0.15, 0.2) is 42.5 Å². The Morgan fingerprint density at radius 3 is 2.48 bits per heavy atom. The smallest absolute Gasteiger partial charge is 0.241 e. The fraction of sp³-hybridized carbons (Fsp3) is 0.235. The van der Waals surface area contributed by atoms with Crippen molar-refractivity contribution in [2.45, 2.75) is 19.5 Å². The molecule has 122 valence electrons. The molecule has 0 saturated heterocycles. The summed E-state index contributed by atoms with van der Waals surface area (Å²) in [6.45, 7) is 1.79. The Kier molecular flexibility index (Phi) is 5.39. The molecule has 0 aliphatic rings. The van der Waals surface area contributed by atoms with E-state index in [0.717, 1.165) is 6.07 Å². The normalized spacial score (nSPS) is 12.3. The van der Waals surface area contributed by atoms with Crippen LogP contribution in [0.5, 0.6) is 0 Å². The molecule has 0 heterocycles. The zero-order chi connectivity index (χ0) is 17.0. The van der Waals surface area contributed by atoms with E-state index in [9.17, 15) is 18.0 Å². The van der Waals surface area contributed by atoms with E-state index in [1.165, 1.54) is 30.3 Å². The Bertz CT molecular complexity index is 706. The molecule has 6 heteroatoms. The van der Waals surface area contributed by atoms with Crippen LogP contribution in [-0.2, 0) is 11.3 Å². The number of halogens is 3. The molecule has 2 rings (SSSR count). The van der Waals surface area contributed by atoms with Gasteiger partial charge in [-0.15, -0.1) is 0 Å². The van der Waals surface area contributed by atoms with Crippen LogP contribution in [0, 0.1) is 17.5 Å². The molecular formula is C17H17F3N2O. The third kappa shape index (κ3) is 4.56. The van der Waals surface area contributed by atoms with Crippen LogP contribution in [0.4, 0.5) is 18.9 Å². The second-order valence-corrected chi connectivity index (χ2v) is 5.33. The number of hydrogen-bond acceptors (Lipinski definition) is 2. The molecule has 0 aliphatic heterocycles. The number of nitrogens with one attached hydrogen (secondary N) is 1. The molecule has 23 heavy (non-hydrogen) atoms. The minimum Gasteiger partial charge on any atom is -0.325 e. The minimum absolute atomic E-state index is 0.143. The Morgan fingerprint density at radius 1 is 1.13 bits per heavy atom. The second kappa shape index (κ2) is 7.28. The molecule has 0 aliphatic carbocycles. The van der Waals surface area contributed by atoms with Crippen molar-refractivity contribution < 1.29 is 18.0 Å². The van der Waals surface area contributed by atoms with E-state index in [-0.39, 0.29) is 12.5 Å². The molecule has 0 aromatic heterocycles. The average Bonchev–Trinajstić information content (AvgIpc) is 2.49. The minimum atomic E-state index is -0.658. The summed E-state index contributed by atoms with van der Waals surface area (Å²) in [5.74, 6) is -2.10. The first-order valence-electron chi connectivity index (χ1n) is 7.07. The summed E-state index contributed by atoms with van der Waals surface area (Å²) < 4.78 is 39.7. The summed E-state index contributed by atoms with van der Waals surface area (Å²) in [4.78, 5) is 13.8. The zero-order valence-electron chi connectivity index (χ0n) is 12.8. The van der Waals surface area contributed by atoms with E-state index in [2.05, 4.69) is 5.32 Å². The van der Waals surface area contributed by atoms with Crippen LogP contribution in [0.2, 0.25) is 0 Å². The maximum Gasteiger partial charge on any atom is 0.241 e. The number of rotatable bonds is 5. The standard InChI is InChI=1S/C17H17F3N2O/c1-11(17(23)21-15-5-3-4-13(18)8-15)22(2)10-12-6-7-14(19)9-16(12)20/h3-9,11H,10H2,1-2H3,(H,21,23). The van der Waals surface area contributed by atoms with Gasteiger partial charge in [0.15, 0.2) is 0 Å². The number of carbonyl (C=O) groups excluding carboxylic acids is 1. The van der Waals surface area contributed by atoms with Crippen LogP contribution in [0.3, 0.4) is 0 Å². The highest BCUT2D eigenvalue weighted by atomic mass is 19.1. The molecule has 1 N–H and O–H groups in total. The highest BCUT2D eigenvalue weighted by Crippen LogP contribution is 2.14. The van der Waals surface area contributed by atoms with Gasteiger partial charge in [-0.2, -0.15) is 0 Å². The van der Waals surface area contributed by atoms with Crippen molar-refractivity contribution in [2.24, 2.45) is 0 Å². The Hall–Kier alpha value is -2.34. The van der Waals surface area contributed by atoms with Crippen LogP contribution >= 0.6 is 0 Å². The Balaban J connectivity index is 2.01. The van der Waals surface area contributed by atoms with Gasteiger partial charge < -0.3 is 5.32 Å². The SMILES string of the molecule is CC(C(=O)Nc1cccc(F)c1)N(C)Cc1ccc(F)cc1F. The van der Waals surface area contributed by atoms with E-state index in [0.29, 0.717) is 11.3 Å². The number of benzene rings is 2. The van der Waals surface area contributed by atoms with E-state index in [1.807, 2.05) is 0 Å². The van der Waals surface area contributed by atoms with Crippen molar-refractivity contribution in [1.82, 2.24) is 4.90 Å². The van der Waals surface area contributed by atoms with Gasteiger partial charge in [-0.05, 0) is 38.2 Å². The lowest BCUT2D eigenvalue weighted by Crippen LogP contribution is -2.39. The molecule has 1 unspecified atom stereocenters. The van der Waals surface area contributed by atoms with Crippen molar-refractivity contribution in [1.29, 1.82) is 0 Å². The van der Waals surface area contributed by atoms with Crippen LogP contribution in [-0.4, -0.2) is 23.9 Å². The summed E-state index contributed by atoms with van der Waals surface area (Å²) in [6, 6.07) is 8.30. The lowest BCUT2D eigenvalue weighted by molar-refractivity contribution is -0.120. The highest BCUT2D eigenvalue weighted by molar-refractivity contribution is 5.94. The van der Waals surface area contributed by atoms with Gasteiger partial charge in [-0.25, -0.2) is 13.2 Å². The van der Waals surface area contributed by atoms with Crippen molar-refractivity contribution in [3.05, 3.63) is 65.5 Å². The van der Waals surface area contributed by atoms with Gasteiger partial charge in [0.2, 0.25) is 5.91 Å². The topological polar surface area (TPSA) is 32.3 Å². The number of likely N-dealkylation sites (N-methyl/N-ethyl adjacent to an activating group) is 1. The van der Waals surface area contributed by atoms with Crippen molar-refractivity contribution >= 4 is 11.6 Å². The van der Waals surface area contributed by atoms with Gasteiger partial charge >= 0.3 is 0 Å². The van der Waals surface area contributed by atoms with Crippen LogP contribution in [0.25, 0.3) is 0 Å². The molecule has 1 atom stereocenters. The maximum atomic E-state index is 13.7. The molecule has 0 fully saturated rings. The molecule has 2 aromatic carbocycles. The molecule has 0 radical (unpaired) electrons. The third-order valence-electron chi connectivity index (χ3n) is 3.57. The predicted octanol–water partition coefficient (Wildman–Crippen LogP) is 3.56. The number of anilines is 1. The summed E-state index contributed by atoms with van der Waals surface area (Å²) in [5, 5.41) is 2.60. The largest absolute Gasteiger partial charge is 0.325 e. The fourth-order valence-electron chi connectivity index (χ4n) is 2.07. The van der Waals surface area contributed by atoms with Gasteiger partial charge in [0.05, 0.1) is 6.04 Å². The number of hydrogen-bond donors (Lipinski definition) is 1. The Labute approximate surface area is 132 Å². The predicted molar refractivity (Wildman–Crippen MR) is 82.3 cm³/mol. The number of carbonyl (C=O) groups is 1. The van der Waals surface area contributed by atoms with Crippen molar-refractivity contribution in [2.75, 3.05) is 12.4 Å². The zero-order valence-corrected chi connectivity index (χ0v) is 12.8. The highest BCUT2D eigenvalue weighted by Gasteiger charge is 2.19. The molecule has 0 spiro atoms. The summed E-state index contributed by atoms with van der Waals surface area (Å²) >= 11 is 0. The number of nitrogens with zero attached hydrogens (tertiary/aromatic N) is 1. The van der Waals surface area contributed by atoms with E-state index in [4.69, 9.17) is 0 Å². The van der Waals surface area contributed by atoms with E-state index >= 15 is 0 Å². The summed E-state index contributed by atoms with van der Waals surface area (Å²) in [5.41, 5.74) is 0.641. The van der Waals surface area contributed by atoms with Crippen LogP contribution < -0.4 is 5.32 Å². The molecule has 2 aromatic rings. The maximum absolute atomic E-state index is 13.7. The van der Waals surface area contributed by atoms with Gasteiger partial charge in [-0.1, -0.05) is 12.1 Å². The molecule has 3 nitrogen and oxygen atoms in total. The molecule has 1 amide bonds. The first-order valence-corrected chi connectivity index (χ1v) is 7.07. The van der Waals surface area contributed by atoms with Crippen molar-refractivity contribution in [3.8, 4) is 0 Å². The van der Waals surface area contributed by atoms with Crippen LogP contribution in [0.1, 0.15) is 12.5 Å². The lowest BCUT2D eigenvalue weighted by atomic mass is 10.1. The lowest BCUT2D eigenvalue weighted by Gasteiger charge is -2.24. The molecular weight excluding hydrogens is 305 g/mol. The monoisotopic (exact) mass is 322 g/mol. The fourth-order valence-corrected chi connectivity index (χ4v) is 2.07. The molecule has 0 saturated carbocycles. The average molecular weight is 322 g/mol. The van der Waals surface area contributed by atoms with Gasteiger partial charge in [0.1, 0.15) is 17.5 Å². The summed E-state index contributed by atoms with van der Waals surface area (Å²) in [6.07, 6.45) is 0. The van der Waals surface area contributed by atoms with Gasteiger partial charge in [0, 0.05) is 23.9 Å². The molecule has 0 bridgehead atoms. The van der Waals surface area contributed by atoms with Gasteiger partial charge in [0.25, 0.3) is 0 Å². The van der Waals surface area contributed by atoms with Crippen molar-refractivity contribution in [3.63, 3.8) is 0 Å². The second-order valence-electron chi connectivity index (χ2n) is 5.33. The number of amides is 1. The van der Waals surface area contributed by atoms with Gasteiger partial charge in [-0.3, -0.25) is 9.69 Å². The quantitative estimate of drug-likeness (QED) is 0.913. The Morgan fingerprint density at radius 2 is 1.83 bits per heavy atom. The first-order chi connectivity index (χ1) is 10.9.